The largest absolute Gasteiger partial charge is 0.452 e. The molecular weight excluding hydrogens is 400 g/mol. The van der Waals surface area contributed by atoms with Crippen molar-refractivity contribution in [1.82, 2.24) is 0 Å². The maximum Gasteiger partial charge on any atom is 0.306 e. The lowest BCUT2D eigenvalue weighted by molar-refractivity contribution is -0.168. The number of aliphatic hydroxyl groups is 4. The molecular formula is C24H44O7. The molecule has 7 nitrogen and oxygen atoms in total. The van der Waals surface area contributed by atoms with Crippen LogP contribution >= 0.6 is 0 Å². The lowest BCUT2D eigenvalue weighted by atomic mass is 10.0. The standard InChI is InChI=1S/C24H44O7/c1-2-3-4-5-6-7-8-9-10-11-12-13-14-15-16-17-22(28)31-21(19-26)24(30)23(29)20(27)18-25/h9-10,19-21,23-25,27,29-30H,2-8,11-18H2,1H3/b10-9-/t20-,21+,23-,24-/m1/s1/i13D/t13?,20-,21+,23-,24-. The zero-order valence-electron chi connectivity index (χ0n) is 20.0. The molecule has 5 atom stereocenters. The van der Waals surface area contributed by atoms with Crippen LogP contribution in [-0.2, 0) is 14.3 Å². The second kappa shape index (κ2) is 20.6. The second-order valence-electron chi connectivity index (χ2n) is 7.96. The fourth-order valence-corrected chi connectivity index (χ4v) is 3.11. The van der Waals surface area contributed by atoms with E-state index < -0.39 is 37.0 Å². The smallest absolute Gasteiger partial charge is 0.306 e. The highest BCUT2D eigenvalue weighted by atomic mass is 16.6. The SMILES string of the molecule is [2H]C(CC/C=C\CCCCCCCC)CCCCC(=O)O[C@@H](C=O)[C@@H](O)[C@H](O)[C@H](O)CO. The Hall–Kier alpha value is -1.28. The van der Waals surface area contributed by atoms with E-state index in [-0.39, 0.29) is 19.1 Å². The van der Waals surface area contributed by atoms with E-state index in [1.54, 1.807) is 0 Å². The lowest BCUT2D eigenvalue weighted by Crippen LogP contribution is -2.48. The summed E-state index contributed by atoms with van der Waals surface area (Å²) in [5, 5.41) is 37.5. The molecule has 0 heterocycles. The number of hydrogen-bond donors (Lipinski definition) is 4. The summed E-state index contributed by atoms with van der Waals surface area (Å²) in [4.78, 5) is 22.9. The first kappa shape index (κ1) is 27.8. The minimum atomic E-state index is -1.83. The second-order valence-corrected chi connectivity index (χ2v) is 7.96. The van der Waals surface area contributed by atoms with E-state index in [0.717, 1.165) is 19.3 Å². The Labute approximate surface area is 188 Å². The summed E-state index contributed by atoms with van der Waals surface area (Å²) in [7, 11) is 0. The topological polar surface area (TPSA) is 124 Å². The van der Waals surface area contributed by atoms with Crippen LogP contribution in [0.4, 0.5) is 0 Å². The van der Waals surface area contributed by atoms with Gasteiger partial charge in [0.15, 0.2) is 12.4 Å². The van der Waals surface area contributed by atoms with E-state index in [2.05, 4.69) is 19.1 Å². The first-order valence-electron chi connectivity index (χ1n) is 12.3. The number of rotatable bonds is 21. The van der Waals surface area contributed by atoms with Crippen LogP contribution in [0, 0.1) is 0 Å². The van der Waals surface area contributed by atoms with Gasteiger partial charge in [-0.3, -0.25) is 9.59 Å². The molecule has 0 spiro atoms. The molecule has 1 unspecified atom stereocenters. The van der Waals surface area contributed by atoms with E-state index in [1.165, 1.54) is 38.5 Å². The number of unbranched alkanes of at least 4 members (excludes halogenated alkanes) is 7. The quantitative estimate of drug-likeness (QED) is 0.0925. The number of carbonyl (C=O) groups is 2. The fraction of sp³-hybridized carbons (Fsp3) is 0.833. The van der Waals surface area contributed by atoms with Crippen LogP contribution in [0.3, 0.4) is 0 Å². The first-order chi connectivity index (χ1) is 15.4. The van der Waals surface area contributed by atoms with Crippen LogP contribution in [0.25, 0.3) is 0 Å². The summed E-state index contributed by atoms with van der Waals surface area (Å²) in [6.45, 7) is 1.41. The molecule has 4 N–H and O–H groups in total. The van der Waals surface area contributed by atoms with E-state index in [9.17, 15) is 24.9 Å². The van der Waals surface area contributed by atoms with Gasteiger partial charge in [-0.1, -0.05) is 70.4 Å². The van der Waals surface area contributed by atoms with Gasteiger partial charge >= 0.3 is 5.97 Å². The van der Waals surface area contributed by atoms with Crippen molar-refractivity contribution in [2.24, 2.45) is 0 Å². The maximum atomic E-state index is 11.9. The lowest BCUT2D eigenvalue weighted by Gasteiger charge is -2.25. The highest BCUT2D eigenvalue weighted by Crippen LogP contribution is 2.12. The van der Waals surface area contributed by atoms with Crippen molar-refractivity contribution in [1.29, 1.82) is 0 Å². The van der Waals surface area contributed by atoms with E-state index >= 15 is 0 Å². The average molecular weight is 446 g/mol. The fourth-order valence-electron chi connectivity index (χ4n) is 3.11. The van der Waals surface area contributed by atoms with Crippen LogP contribution in [0.15, 0.2) is 12.2 Å². The van der Waals surface area contributed by atoms with Crippen molar-refractivity contribution in [3.63, 3.8) is 0 Å². The van der Waals surface area contributed by atoms with Crippen LogP contribution in [0.5, 0.6) is 0 Å². The van der Waals surface area contributed by atoms with Crippen molar-refractivity contribution in [2.45, 2.75) is 121 Å². The minimum absolute atomic E-state index is 0.0284. The minimum Gasteiger partial charge on any atom is -0.452 e. The third-order valence-electron chi connectivity index (χ3n) is 5.14. The Morgan fingerprint density at radius 2 is 1.52 bits per heavy atom. The number of aliphatic hydroxyl groups excluding tert-OH is 4. The number of hydrogen-bond acceptors (Lipinski definition) is 7. The first-order valence-corrected chi connectivity index (χ1v) is 11.7. The monoisotopic (exact) mass is 445 g/mol. The van der Waals surface area contributed by atoms with Crippen molar-refractivity contribution in [3.8, 4) is 0 Å². The van der Waals surface area contributed by atoms with E-state index in [4.69, 9.17) is 11.2 Å². The van der Waals surface area contributed by atoms with Gasteiger partial charge in [0.25, 0.3) is 0 Å². The summed E-state index contributed by atoms with van der Waals surface area (Å²) < 4.78 is 12.9. The number of aldehydes is 1. The van der Waals surface area contributed by atoms with Gasteiger partial charge in [0.05, 0.1) is 6.61 Å². The molecule has 0 saturated carbocycles. The highest BCUT2D eigenvalue weighted by Gasteiger charge is 2.33. The normalized spacial score (nSPS) is 17.0. The van der Waals surface area contributed by atoms with Gasteiger partial charge in [0.1, 0.15) is 18.3 Å². The maximum absolute atomic E-state index is 11.9. The van der Waals surface area contributed by atoms with Gasteiger partial charge in [-0.15, -0.1) is 0 Å². The van der Waals surface area contributed by atoms with Gasteiger partial charge in [0.2, 0.25) is 0 Å². The zero-order valence-corrected chi connectivity index (χ0v) is 19.0. The molecule has 0 aliphatic carbocycles. The Morgan fingerprint density at radius 1 is 0.903 bits per heavy atom. The van der Waals surface area contributed by atoms with Gasteiger partial charge in [-0.25, -0.2) is 0 Å². The zero-order chi connectivity index (χ0) is 24.2. The van der Waals surface area contributed by atoms with Crippen LogP contribution in [0.2, 0.25) is 0 Å². The summed E-state index contributed by atoms with van der Waals surface area (Å²) in [5.41, 5.74) is 0. The van der Waals surface area contributed by atoms with Gasteiger partial charge in [0, 0.05) is 7.79 Å². The van der Waals surface area contributed by atoms with E-state index in [1.807, 2.05) is 0 Å². The predicted molar refractivity (Wildman–Crippen MR) is 121 cm³/mol. The van der Waals surface area contributed by atoms with Crippen molar-refractivity contribution in [3.05, 3.63) is 12.2 Å². The molecule has 0 aromatic heterocycles. The van der Waals surface area contributed by atoms with Crippen LogP contribution in [-0.4, -0.2) is 63.7 Å². The average Bonchev–Trinajstić information content (AvgIpc) is 2.79. The van der Waals surface area contributed by atoms with Gasteiger partial charge in [-0.2, -0.15) is 0 Å². The molecule has 0 radical (unpaired) electrons. The van der Waals surface area contributed by atoms with Gasteiger partial charge in [-0.05, 0) is 32.1 Å². The number of esters is 1. The molecule has 0 fully saturated rings. The number of carbonyl (C=O) groups excluding carboxylic acids is 2. The molecule has 0 rings (SSSR count). The van der Waals surface area contributed by atoms with Crippen LogP contribution in [0.1, 0.15) is 98.2 Å². The summed E-state index contributed by atoms with van der Waals surface area (Å²) in [5.74, 6) is -0.703. The third kappa shape index (κ3) is 16.1. The molecule has 0 aromatic carbocycles. The molecule has 0 saturated heterocycles. The molecule has 0 bridgehead atoms. The molecule has 182 valence electrons. The molecule has 0 aromatic rings. The van der Waals surface area contributed by atoms with Crippen LogP contribution < -0.4 is 0 Å². The summed E-state index contributed by atoms with van der Waals surface area (Å²) in [6.07, 6.45) is 9.80. The Kier molecular flexibility index (Phi) is 18.5. The molecule has 31 heavy (non-hydrogen) atoms. The summed E-state index contributed by atoms with van der Waals surface area (Å²) in [6, 6.07) is 0. The predicted octanol–water partition coefficient (Wildman–Crippen LogP) is 3.21. The summed E-state index contributed by atoms with van der Waals surface area (Å²) >= 11 is 0. The molecule has 0 aliphatic heterocycles. The molecule has 0 amide bonds. The van der Waals surface area contributed by atoms with Crippen molar-refractivity contribution >= 4 is 12.3 Å². The highest BCUT2D eigenvalue weighted by molar-refractivity contribution is 5.72. The third-order valence-corrected chi connectivity index (χ3v) is 5.14. The Morgan fingerprint density at radius 3 is 2.16 bits per heavy atom. The molecule has 7 heteroatoms. The number of allylic oxidation sites excluding steroid dienone is 2. The van der Waals surface area contributed by atoms with E-state index in [0.29, 0.717) is 19.3 Å². The van der Waals surface area contributed by atoms with Crippen molar-refractivity contribution < 1.29 is 36.1 Å². The van der Waals surface area contributed by atoms with Crippen molar-refractivity contribution in [2.75, 3.05) is 6.61 Å². The van der Waals surface area contributed by atoms with Gasteiger partial charge < -0.3 is 25.2 Å². The Bertz CT molecular complexity index is 501. The molecule has 0 aliphatic rings. The number of ether oxygens (including phenoxy) is 1. The Balaban J connectivity index is 3.86.